The highest BCUT2D eigenvalue weighted by atomic mass is 32.2. The lowest BCUT2D eigenvalue weighted by Gasteiger charge is -2.17. The number of ether oxygens (including phenoxy) is 1. The highest BCUT2D eigenvalue weighted by molar-refractivity contribution is 7.89. The van der Waals surface area contributed by atoms with Gasteiger partial charge >= 0.3 is 0 Å². The van der Waals surface area contributed by atoms with Crippen LogP contribution in [-0.4, -0.2) is 54.8 Å². The Morgan fingerprint density at radius 3 is 2.72 bits per heavy atom. The molecule has 8 heteroatoms. The van der Waals surface area contributed by atoms with E-state index in [1.807, 2.05) is 6.92 Å². The van der Waals surface area contributed by atoms with Gasteiger partial charge in [0.25, 0.3) is 0 Å². The Morgan fingerprint density at radius 1 is 1.50 bits per heavy atom. The van der Waals surface area contributed by atoms with Crippen molar-refractivity contribution >= 4 is 10.0 Å². The van der Waals surface area contributed by atoms with E-state index >= 15 is 0 Å². The van der Waals surface area contributed by atoms with Gasteiger partial charge in [-0.1, -0.05) is 0 Å². The molecule has 0 fully saturated rings. The van der Waals surface area contributed by atoms with Crippen LogP contribution in [0.2, 0.25) is 0 Å². The van der Waals surface area contributed by atoms with Gasteiger partial charge in [-0.25, -0.2) is 8.42 Å². The van der Waals surface area contributed by atoms with Crippen LogP contribution in [0.15, 0.2) is 4.90 Å². The van der Waals surface area contributed by atoms with Gasteiger partial charge in [-0.3, -0.25) is 5.10 Å². The fourth-order valence-electron chi connectivity index (χ4n) is 1.53. The summed E-state index contributed by atoms with van der Waals surface area (Å²) >= 11 is 0. The Hall–Kier alpha value is -0.960. The molecule has 104 valence electrons. The minimum Gasteiger partial charge on any atom is -0.390 e. The van der Waals surface area contributed by atoms with Gasteiger partial charge in [0.2, 0.25) is 10.0 Å². The number of hydrogen-bond donors (Lipinski definition) is 2. The smallest absolute Gasteiger partial charge is 0.246 e. The molecule has 7 nitrogen and oxygen atoms in total. The van der Waals surface area contributed by atoms with Crippen molar-refractivity contribution in [2.24, 2.45) is 0 Å². The highest BCUT2D eigenvalue weighted by Crippen LogP contribution is 2.21. The molecule has 1 rings (SSSR count). The molecule has 0 atom stereocenters. The maximum atomic E-state index is 12.3. The fourth-order valence-corrected chi connectivity index (χ4v) is 3.00. The van der Waals surface area contributed by atoms with Crippen molar-refractivity contribution in [1.82, 2.24) is 14.5 Å². The summed E-state index contributed by atoms with van der Waals surface area (Å²) in [5, 5.41) is 15.4. The molecule has 0 aliphatic carbocycles. The predicted molar refractivity (Wildman–Crippen MR) is 65.6 cm³/mol. The van der Waals surface area contributed by atoms with Crippen molar-refractivity contribution < 1.29 is 18.3 Å². The van der Waals surface area contributed by atoms with Crippen LogP contribution in [0.4, 0.5) is 0 Å². The van der Waals surface area contributed by atoms with Crippen LogP contribution in [0.25, 0.3) is 0 Å². The van der Waals surface area contributed by atoms with Crippen LogP contribution >= 0.6 is 0 Å². The Kier molecular flexibility index (Phi) is 5.27. The minimum atomic E-state index is -3.65. The van der Waals surface area contributed by atoms with Crippen LogP contribution in [0.5, 0.6) is 0 Å². The van der Waals surface area contributed by atoms with E-state index in [-0.39, 0.29) is 17.1 Å². The van der Waals surface area contributed by atoms with E-state index in [0.717, 1.165) is 0 Å². The zero-order valence-corrected chi connectivity index (χ0v) is 11.6. The number of aliphatic hydroxyl groups excluding tert-OH is 1. The van der Waals surface area contributed by atoms with E-state index in [0.29, 0.717) is 18.9 Å². The summed E-state index contributed by atoms with van der Waals surface area (Å²) in [6.07, 6.45) is 0. The highest BCUT2D eigenvalue weighted by Gasteiger charge is 2.27. The van der Waals surface area contributed by atoms with Gasteiger partial charge < -0.3 is 9.84 Å². The third-order valence-corrected chi connectivity index (χ3v) is 4.59. The monoisotopic (exact) mass is 277 g/mol. The van der Waals surface area contributed by atoms with Crippen LogP contribution in [0.3, 0.4) is 0 Å². The van der Waals surface area contributed by atoms with E-state index in [1.54, 1.807) is 6.92 Å². The lowest BCUT2D eigenvalue weighted by atomic mass is 10.4. The summed E-state index contributed by atoms with van der Waals surface area (Å²) in [7, 11) is -2.18. The second-order valence-corrected chi connectivity index (χ2v) is 5.79. The number of aromatic nitrogens is 2. The predicted octanol–water partition coefficient (Wildman–Crippen LogP) is -0.133. The average molecular weight is 277 g/mol. The molecule has 0 aromatic carbocycles. The Bertz CT molecular complexity index is 483. The zero-order chi connectivity index (χ0) is 13.8. The summed E-state index contributed by atoms with van der Waals surface area (Å²) < 4.78 is 30.9. The molecule has 0 amide bonds. The van der Waals surface area contributed by atoms with Crippen molar-refractivity contribution in [1.29, 1.82) is 0 Å². The van der Waals surface area contributed by atoms with Gasteiger partial charge in [-0.15, -0.1) is 0 Å². The number of aromatic amines is 1. The molecule has 2 N–H and O–H groups in total. The first-order chi connectivity index (χ1) is 8.45. The molecular formula is C10H19N3O4S. The first-order valence-corrected chi connectivity index (χ1v) is 7.07. The maximum absolute atomic E-state index is 12.3. The van der Waals surface area contributed by atoms with Crippen molar-refractivity contribution in [2.75, 3.05) is 26.8 Å². The first kappa shape index (κ1) is 15.1. The normalized spacial score (nSPS) is 12.3. The third kappa shape index (κ3) is 3.08. The van der Waals surface area contributed by atoms with Crippen LogP contribution < -0.4 is 0 Å². The number of aliphatic hydroxyl groups is 1. The van der Waals surface area contributed by atoms with Crippen LogP contribution in [0.1, 0.15) is 18.3 Å². The topological polar surface area (TPSA) is 95.5 Å². The Morgan fingerprint density at radius 2 is 2.17 bits per heavy atom. The number of nitrogens with zero attached hydrogens (tertiary/aromatic N) is 2. The van der Waals surface area contributed by atoms with Crippen molar-refractivity contribution in [3.63, 3.8) is 0 Å². The molecule has 0 aliphatic rings. The number of aryl methyl sites for hydroxylation is 1. The van der Waals surface area contributed by atoms with Gasteiger partial charge in [0, 0.05) is 20.2 Å². The summed E-state index contributed by atoms with van der Waals surface area (Å²) in [4.78, 5) is 0.0454. The van der Waals surface area contributed by atoms with Gasteiger partial charge in [0.1, 0.15) is 10.6 Å². The van der Waals surface area contributed by atoms with E-state index in [9.17, 15) is 8.42 Å². The van der Waals surface area contributed by atoms with Gasteiger partial charge in [-0.05, 0) is 13.8 Å². The number of nitrogens with one attached hydrogen (secondary N) is 1. The Balaban J connectivity index is 2.94. The number of H-pyrrole nitrogens is 1. The molecule has 18 heavy (non-hydrogen) atoms. The number of hydrogen-bond acceptors (Lipinski definition) is 5. The van der Waals surface area contributed by atoms with Gasteiger partial charge in [-0.2, -0.15) is 9.40 Å². The van der Waals surface area contributed by atoms with Gasteiger partial charge in [0.05, 0.1) is 18.9 Å². The third-order valence-electron chi connectivity index (χ3n) is 2.53. The van der Waals surface area contributed by atoms with Crippen LogP contribution in [0, 0.1) is 6.92 Å². The maximum Gasteiger partial charge on any atom is 0.246 e. The standard InChI is InChI=1S/C10H19N3O4S/c1-4-17-6-5-13(3)18(15,16)10-8(2)11-12-9(10)7-14/h14H,4-7H2,1-3H3,(H,11,12). The zero-order valence-electron chi connectivity index (χ0n) is 10.8. The Labute approximate surface area is 107 Å². The molecule has 0 bridgehead atoms. The quantitative estimate of drug-likeness (QED) is 0.677. The number of rotatable bonds is 7. The molecule has 0 aliphatic heterocycles. The molecule has 0 saturated heterocycles. The SMILES string of the molecule is CCOCCN(C)S(=O)(=O)c1c(CO)n[nH]c1C. The largest absolute Gasteiger partial charge is 0.390 e. The van der Waals surface area contributed by atoms with E-state index in [2.05, 4.69) is 10.2 Å². The molecule has 0 spiro atoms. The summed E-state index contributed by atoms with van der Waals surface area (Å²) in [5.41, 5.74) is 0.554. The fraction of sp³-hybridized carbons (Fsp3) is 0.700. The molecule has 1 aromatic rings. The summed E-state index contributed by atoms with van der Waals surface area (Å²) in [5.74, 6) is 0. The number of sulfonamides is 1. The van der Waals surface area contributed by atoms with Crippen molar-refractivity contribution in [2.45, 2.75) is 25.3 Å². The van der Waals surface area contributed by atoms with Crippen molar-refractivity contribution in [3.05, 3.63) is 11.4 Å². The van der Waals surface area contributed by atoms with Gasteiger partial charge in [0.15, 0.2) is 0 Å². The molecule has 1 aromatic heterocycles. The molecule has 0 radical (unpaired) electrons. The van der Waals surface area contributed by atoms with Crippen LogP contribution in [-0.2, 0) is 21.4 Å². The second-order valence-electron chi connectivity index (χ2n) is 3.81. The summed E-state index contributed by atoms with van der Waals surface area (Å²) in [6, 6.07) is 0. The lowest BCUT2D eigenvalue weighted by Crippen LogP contribution is -2.31. The first-order valence-electron chi connectivity index (χ1n) is 5.63. The molecule has 1 heterocycles. The second kappa shape index (κ2) is 6.28. The van der Waals surface area contributed by atoms with E-state index in [1.165, 1.54) is 11.4 Å². The molecule has 0 saturated carbocycles. The minimum absolute atomic E-state index is 0.0454. The van der Waals surface area contributed by atoms with E-state index in [4.69, 9.17) is 9.84 Å². The average Bonchev–Trinajstić information content (AvgIpc) is 2.71. The number of likely N-dealkylation sites (N-methyl/N-ethyl adjacent to an activating group) is 1. The summed E-state index contributed by atoms with van der Waals surface area (Å²) in [6.45, 7) is 4.16. The van der Waals surface area contributed by atoms with Crippen molar-refractivity contribution in [3.8, 4) is 0 Å². The molecular weight excluding hydrogens is 258 g/mol. The van der Waals surface area contributed by atoms with E-state index < -0.39 is 16.6 Å². The molecule has 0 unspecified atom stereocenters. The lowest BCUT2D eigenvalue weighted by molar-refractivity contribution is 0.138.